The van der Waals surface area contributed by atoms with Gasteiger partial charge < -0.3 is 15.8 Å². The molecule has 0 bridgehead atoms. The van der Waals surface area contributed by atoms with Crippen LogP contribution in [0.2, 0.25) is 0 Å². The number of rotatable bonds is 4. The maximum absolute atomic E-state index is 11.2. The predicted molar refractivity (Wildman–Crippen MR) is 56.0 cm³/mol. The third kappa shape index (κ3) is 5.40. The Kier molecular flexibility index (Phi) is 5.67. The van der Waals surface area contributed by atoms with E-state index in [1.807, 2.05) is 13.8 Å². The van der Waals surface area contributed by atoms with Crippen LogP contribution in [0.15, 0.2) is 4.99 Å². The van der Waals surface area contributed by atoms with Gasteiger partial charge in [-0.15, -0.1) is 0 Å². The molecule has 0 aromatic carbocycles. The van der Waals surface area contributed by atoms with Gasteiger partial charge in [0.15, 0.2) is 5.96 Å². The van der Waals surface area contributed by atoms with Crippen molar-refractivity contribution in [2.45, 2.75) is 39.8 Å². The van der Waals surface area contributed by atoms with Crippen molar-refractivity contribution >= 4 is 11.9 Å². The van der Waals surface area contributed by atoms with Crippen LogP contribution in [0.3, 0.4) is 0 Å². The van der Waals surface area contributed by atoms with E-state index in [0.29, 0.717) is 6.61 Å². The fourth-order valence-corrected chi connectivity index (χ4v) is 0.857. The minimum absolute atomic E-state index is 0.202. The molecule has 14 heavy (non-hydrogen) atoms. The van der Waals surface area contributed by atoms with E-state index in [2.05, 4.69) is 10.3 Å². The van der Waals surface area contributed by atoms with Crippen molar-refractivity contribution in [1.82, 2.24) is 5.32 Å². The van der Waals surface area contributed by atoms with Crippen LogP contribution in [0.1, 0.15) is 27.7 Å². The third-order valence-corrected chi connectivity index (χ3v) is 1.40. The summed E-state index contributed by atoms with van der Waals surface area (Å²) in [6.07, 6.45) is 0. The van der Waals surface area contributed by atoms with E-state index in [1.54, 1.807) is 13.8 Å². The monoisotopic (exact) mass is 201 g/mol. The van der Waals surface area contributed by atoms with Crippen molar-refractivity contribution in [2.24, 2.45) is 10.7 Å². The Hall–Kier alpha value is -1.26. The topological polar surface area (TPSA) is 76.7 Å². The van der Waals surface area contributed by atoms with Gasteiger partial charge in [0.1, 0.15) is 6.04 Å². The van der Waals surface area contributed by atoms with Crippen LogP contribution in [-0.2, 0) is 9.53 Å². The third-order valence-electron chi connectivity index (χ3n) is 1.40. The molecule has 0 rings (SSSR count). The van der Waals surface area contributed by atoms with Gasteiger partial charge >= 0.3 is 5.97 Å². The van der Waals surface area contributed by atoms with Gasteiger partial charge in [-0.05, 0) is 27.7 Å². The first-order chi connectivity index (χ1) is 6.47. The number of esters is 1. The summed E-state index contributed by atoms with van der Waals surface area (Å²) >= 11 is 0. The standard InChI is InChI=1S/C9H19N3O2/c1-5-14-8(13)7(4)12-9(10)11-6(2)3/h6-7H,5H2,1-4H3,(H3,10,11,12). The highest BCUT2D eigenvalue weighted by Crippen LogP contribution is 1.93. The summed E-state index contributed by atoms with van der Waals surface area (Å²) in [5.41, 5.74) is 5.54. The Morgan fingerprint density at radius 1 is 1.50 bits per heavy atom. The van der Waals surface area contributed by atoms with Crippen LogP contribution < -0.4 is 11.1 Å². The molecule has 0 aromatic rings. The SMILES string of the molecule is CCOC(=O)C(C)N=C(N)NC(C)C. The van der Waals surface area contributed by atoms with Gasteiger partial charge in [0, 0.05) is 6.04 Å². The molecule has 0 amide bonds. The van der Waals surface area contributed by atoms with Crippen molar-refractivity contribution in [2.75, 3.05) is 6.61 Å². The van der Waals surface area contributed by atoms with E-state index in [9.17, 15) is 4.79 Å². The summed E-state index contributed by atoms with van der Waals surface area (Å²) in [4.78, 5) is 15.1. The molecule has 0 spiro atoms. The number of aliphatic imine (C=N–C) groups is 1. The number of hydrogen-bond donors (Lipinski definition) is 2. The average molecular weight is 201 g/mol. The van der Waals surface area contributed by atoms with Crippen molar-refractivity contribution in [3.8, 4) is 0 Å². The Labute approximate surface area is 84.7 Å². The number of hydrogen-bond acceptors (Lipinski definition) is 3. The number of nitrogens with two attached hydrogens (primary N) is 1. The van der Waals surface area contributed by atoms with Crippen molar-refractivity contribution in [3.05, 3.63) is 0 Å². The van der Waals surface area contributed by atoms with Crippen molar-refractivity contribution in [3.63, 3.8) is 0 Å². The highest BCUT2D eigenvalue weighted by molar-refractivity contribution is 5.83. The molecule has 0 saturated heterocycles. The van der Waals surface area contributed by atoms with Crippen LogP contribution >= 0.6 is 0 Å². The van der Waals surface area contributed by atoms with Gasteiger partial charge in [0.2, 0.25) is 0 Å². The summed E-state index contributed by atoms with van der Waals surface area (Å²) in [5.74, 6) is -0.0958. The van der Waals surface area contributed by atoms with E-state index in [-0.39, 0.29) is 18.0 Å². The van der Waals surface area contributed by atoms with E-state index in [0.717, 1.165) is 0 Å². The normalized spacial score (nSPS) is 13.9. The first kappa shape index (κ1) is 12.7. The number of nitrogens with zero attached hydrogens (tertiary/aromatic N) is 1. The molecule has 1 atom stereocenters. The molecule has 0 radical (unpaired) electrons. The zero-order valence-electron chi connectivity index (χ0n) is 9.20. The van der Waals surface area contributed by atoms with Gasteiger partial charge in [0.25, 0.3) is 0 Å². The predicted octanol–water partition coefficient (Wildman–Crippen LogP) is 0.251. The number of carbonyl (C=O) groups is 1. The molecule has 3 N–H and O–H groups in total. The fraction of sp³-hybridized carbons (Fsp3) is 0.778. The van der Waals surface area contributed by atoms with Crippen LogP contribution in [0.4, 0.5) is 0 Å². The molecule has 0 saturated carbocycles. The average Bonchev–Trinajstić information content (AvgIpc) is 2.02. The summed E-state index contributed by atoms with van der Waals surface area (Å²) in [5, 5.41) is 2.89. The summed E-state index contributed by atoms with van der Waals surface area (Å²) in [7, 11) is 0. The first-order valence-corrected chi connectivity index (χ1v) is 4.73. The smallest absolute Gasteiger partial charge is 0.330 e. The number of guanidine groups is 1. The molecule has 0 heterocycles. The van der Waals surface area contributed by atoms with Crippen LogP contribution in [0, 0.1) is 0 Å². The zero-order chi connectivity index (χ0) is 11.1. The number of nitrogens with one attached hydrogen (secondary N) is 1. The second-order valence-corrected chi connectivity index (χ2v) is 3.24. The van der Waals surface area contributed by atoms with E-state index in [4.69, 9.17) is 10.5 Å². The molecule has 5 nitrogen and oxygen atoms in total. The highest BCUT2D eigenvalue weighted by Gasteiger charge is 2.12. The Morgan fingerprint density at radius 2 is 2.07 bits per heavy atom. The lowest BCUT2D eigenvalue weighted by Gasteiger charge is -2.11. The second kappa shape index (κ2) is 6.23. The zero-order valence-corrected chi connectivity index (χ0v) is 9.20. The maximum atomic E-state index is 11.2. The summed E-state index contributed by atoms with van der Waals surface area (Å²) in [6.45, 7) is 7.64. The molecule has 0 aliphatic carbocycles. The number of ether oxygens (including phenoxy) is 1. The van der Waals surface area contributed by atoms with E-state index >= 15 is 0 Å². The van der Waals surface area contributed by atoms with Crippen molar-refractivity contribution in [1.29, 1.82) is 0 Å². The Bertz CT molecular complexity index is 214. The number of carbonyl (C=O) groups excluding carboxylic acids is 1. The van der Waals surface area contributed by atoms with E-state index in [1.165, 1.54) is 0 Å². The molecule has 1 unspecified atom stereocenters. The first-order valence-electron chi connectivity index (χ1n) is 4.73. The fourth-order valence-electron chi connectivity index (χ4n) is 0.857. The lowest BCUT2D eigenvalue weighted by molar-refractivity contribution is -0.144. The maximum Gasteiger partial charge on any atom is 0.330 e. The molecular formula is C9H19N3O2. The Morgan fingerprint density at radius 3 is 2.50 bits per heavy atom. The van der Waals surface area contributed by atoms with Gasteiger partial charge in [0.05, 0.1) is 6.61 Å². The molecule has 0 aromatic heterocycles. The second-order valence-electron chi connectivity index (χ2n) is 3.24. The summed E-state index contributed by atoms with van der Waals surface area (Å²) in [6, 6.07) is -0.352. The van der Waals surface area contributed by atoms with Crippen molar-refractivity contribution < 1.29 is 9.53 Å². The minimum atomic E-state index is -0.554. The van der Waals surface area contributed by atoms with Gasteiger partial charge in [-0.3, -0.25) is 0 Å². The minimum Gasteiger partial charge on any atom is -0.464 e. The largest absolute Gasteiger partial charge is 0.464 e. The van der Waals surface area contributed by atoms with Gasteiger partial charge in [-0.1, -0.05) is 0 Å². The lowest BCUT2D eigenvalue weighted by atomic mass is 10.3. The molecule has 0 fully saturated rings. The summed E-state index contributed by atoms with van der Waals surface area (Å²) < 4.78 is 4.78. The van der Waals surface area contributed by atoms with Crippen LogP contribution in [-0.4, -0.2) is 30.6 Å². The van der Waals surface area contributed by atoms with Gasteiger partial charge in [-0.25, -0.2) is 9.79 Å². The van der Waals surface area contributed by atoms with Crippen LogP contribution in [0.25, 0.3) is 0 Å². The molecule has 82 valence electrons. The van der Waals surface area contributed by atoms with Gasteiger partial charge in [-0.2, -0.15) is 0 Å². The highest BCUT2D eigenvalue weighted by atomic mass is 16.5. The molecule has 0 aliphatic heterocycles. The van der Waals surface area contributed by atoms with E-state index < -0.39 is 6.04 Å². The Balaban J connectivity index is 4.13. The molecule has 0 aliphatic rings. The quantitative estimate of drug-likeness (QED) is 0.388. The molecule has 5 heteroatoms. The molecular weight excluding hydrogens is 182 g/mol. The lowest BCUT2D eigenvalue weighted by Crippen LogP contribution is -2.38. The van der Waals surface area contributed by atoms with Crippen LogP contribution in [0.5, 0.6) is 0 Å².